The summed E-state index contributed by atoms with van der Waals surface area (Å²) in [5, 5.41) is 15.1. The highest BCUT2D eigenvalue weighted by Gasteiger charge is 2.34. The van der Waals surface area contributed by atoms with Crippen LogP contribution in [0.2, 0.25) is 0 Å². The molecule has 32 heavy (non-hydrogen) atoms. The first-order chi connectivity index (χ1) is 15.4. The van der Waals surface area contributed by atoms with Crippen LogP contribution < -0.4 is 10.1 Å². The molecule has 1 aromatic carbocycles. The van der Waals surface area contributed by atoms with Crippen molar-refractivity contribution in [1.29, 1.82) is 0 Å². The molecule has 2 aromatic heterocycles. The Labute approximate surface area is 184 Å². The average molecular weight is 458 g/mol. The summed E-state index contributed by atoms with van der Waals surface area (Å²) in [6.07, 6.45) is 4.00. The number of sulfone groups is 1. The third kappa shape index (κ3) is 3.77. The Hall–Kier alpha value is -3.21. The van der Waals surface area contributed by atoms with Crippen LogP contribution in [-0.2, 0) is 22.7 Å². The van der Waals surface area contributed by atoms with Gasteiger partial charge >= 0.3 is 0 Å². The van der Waals surface area contributed by atoms with Crippen LogP contribution in [0.1, 0.15) is 47.1 Å². The van der Waals surface area contributed by atoms with Gasteiger partial charge in [0.2, 0.25) is 5.82 Å². The summed E-state index contributed by atoms with van der Waals surface area (Å²) in [7, 11) is -1.48. The molecule has 1 unspecified atom stereocenters. The molecule has 2 aliphatic rings. The highest BCUT2D eigenvalue weighted by molar-refractivity contribution is 7.91. The van der Waals surface area contributed by atoms with E-state index in [9.17, 15) is 13.2 Å². The van der Waals surface area contributed by atoms with Crippen LogP contribution in [0.25, 0.3) is 11.3 Å². The number of carbonyl (C=O) groups excluding carboxylic acids is 1. The van der Waals surface area contributed by atoms with Gasteiger partial charge in [-0.05, 0) is 66.7 Å². The number of methoxy groups -OCH3 is 1. The van der Waals surface area contributed by atoms with Crippen molar-refractivity contribution >= 4 is 21.6 Å². The quantitative estimate of drug-likeness (QED) is 0.618. The van der Waals surface area contributed by atoms with Crippen molar-refractivity contribution in [3.63, 3.8) is 0 Å². The molecule has 5 rings (SSSR count). The number of nitrogens with one attached hydrogen (secondary N) is 1. The molecule has 1 atom stereocenters. The molecule has 168 valence electrons. The molecule has 0 saturated carbocycles. The molecule has 11 heteroatoms. The molecule has 1 fully saturated rings. The van der Waals surface area contributed by atoms with Crippen LogP contribution in [0.3, 0.4) is 0 Å². The van der Waals surface area contributed by atoms with Crippen molar-refractivity contribution in [3.05, 3.63) is 41.2 Å². The minimum atomic E-state index is -3.06. The van der Waals surface area contributed by atoms with E-state index in [1.807, 2.05) is 0 Å². The number of anilines is 1. The second kappa shape index (κ2) is 8.05. The smallest absolute Gasteiger partial charge is 0.277 e. The van der Waals surface area contributed by atoms with Gasteiger partial charge in [0, 0.05) is 16.8 Å². The topological polar surface area (TPSA) is 129 Å². The summed E-state index contributed by atoms with van der Waals surface area (Å²) >= 11 is 0. The van der Waals surface area contributed by atoms with Crippen molar-refractivity contribution in [2.45, 2.75) is 38.1 Å². The lowest BCUT2D eigenvalue weighted by Gasteiger charge is -2.17. The van der Waals surface area contributed by atoms with Gasteiger partial charge in [-0.3, -0.25) is 9.48 Å². The Morgan fingerprint density at radius 2 is 1.97 bits per heavy atom. The maximum Gasteiger partial charge on any atom is 0.277 e. The lowest BCUT2D eigenvalue weighted by molar-refractivity contribution is 0.101. The summed E-state index contributed by atoms with van der Waals surface area (Å²) in [6.45, 7) is 0. The summed E-state index contributed by atoms with van der Waals surface area (Å²) in [5.41, 5.74) is 3.28. The zero-order chi connectivity index (χ0) is 22.3. The van der Waals surface area contributed by atoms with Gasteiger partial charge in [0.25, 0.3) is 5.91 Å². The number of rotatable bonds is 5. The number of carbonyl (C=O) groups is 1. The number of fused-ring (bicyclic) bond motifs is 1. The van der Waals surface area contributed by atoms with Crippen LogP contribution in [0, 0.1) is 0 Å². The SMILES string of the molecule is COc1ccc(-c2nonc2NC(=O)c2nn(C3CCS(=O)(=O)C3)c3c2CCCC3)cc1. The summed E-state index contributed by atoms with van der Waals surface area (Å²) in [5.74, 6) is 0.707. The first kappa shape index (κ1) is 20.7. The monoisotopic (exact) mass is 457 g/mol. The predicted octanol–water partition coefficient (Wildman–Crippen LogP) is 2.43. The zero-order valence-electron chi connectivity index (χ0n) is 17.6. The van der Waals surface area contributed by atoms with E-state index in [1.54, 1.807) is 36.1 Å². The molecule has 3 aromatic rings. The van der Waals surface area contributed by atoms with Gasteiger partial charge in [0.15, 0.2) is 21.2 Å². The van der Waals surface area contributed by atoms with E-state index < -0.39 is 15.7 Å². The van der Waals surface area contributed by atoms with Crippen molar-refractivity contribution < 1.29 is 22.6 Å². The zero-order valence-corrected chi connectivity index (χ0v) is 18.4. The number of amides is 1. The maximum atomic E-state index is 13.2. The number of ether oxygens (including phenoxy) is 1. The average Bonchev–Trinajstić information content (AvgIpc) is 3.50. The highest BCUT2D eigenvalue weighted by Crippen LogP contribution is 2.32. The van der Waals surface area contributed by atoms with Crippen molar-refractivity contribution in [2.24, 2.45) is 0 Å². The normalized spacial score (nSPS) is 19.5. The number of hydrogen-bond acceptors (Lipinski definition) is 8. The van der Waals surface area contributed by atoms with Crippen LogP contribution >= 0.6 is 0 Å². The second-order valence-electron chi connectivity index (χ2n) is 8.13. The molecule has 1 aliphatic heterocycles. The fraction of sp³-hybridized carbons (Fsp3) is 0.429. The number of benzene rings is 1. The Balaban J connectivity index is 1.44. The van der Waals surface area contributed by atoms with E-state index >= 15 is 0 Å². The molecule has 1 aliphatic carbocycles. The number of hydrogen-bond donors (Lipinski definition) is 1. The lowest BCUT2D eigenvalue weighted by atomic mass is 9.95. The molecular formula is C21H23N5O5S. The fourth-order valence-electron chi connectivity index (χ4n) is 4.45. The minimum absolute atomic E-state index is 0.0665. The van der Waals surface area contributed by atoms with Crippen LogP contribution in [0.15, 0.2) is 28.9 Å². The molecule has 10 nitrogen and oxygen atoms in total. The van der Waals surface area contributed by atoms with Gasteiger partial charge in [-0.15, -0.1) is 0 Å². The Morgan fingerprint density at radius 1 is 1.19 bits per heavy atom. The van der Waals surface area contributed by atoms with Gasteiger partial charge in [0.1, 0.15) is 5.75 Å². The van der Waals surface area contributed by atoms with Crippen LogP contribution in [-0.4, -0.2) is 53.0 Å². The van der Waals surface area contributed by atoms with Crippen molar-refractivity contribution in [1.82, 2.24) is 20.1 Å². The molecule has 3 heterocycles. The van der Waals surface area contributed by atoms with Gasteiger partial charge in [-0.1, -0.05) is 0 Å². The number of aromatic nitrogens is 4. The molecular weight excluding hydrogens is 434 g/mol. The Morgan fingerprint density at radius 3 is 2.69 bits per heavy atom. The standard InChI is InChI=1S/C21H23N5O5S/c1-30-15-8-6-13(7-9-15)18-20(25-31-24-18)22-21(27)19-16-4-2-3-5-17(16)26(23-19)14-10-11-32(28,29)12-14/h6-9,14H,2-5,10-12H2,1H3,(H,22,25,27). The number of nitrogens with zero attached hydrogens (tertiary/aromatic N) is 4. The van der Waals surface area contributed by atoms with E-state index in [-0.39, 0.29) is 23.4 Å². The molecule has 0 bridgehead atoms. The van der Waals surface area contributed by atoms with Crippen molar-refractivity contribution in [2.75, 3.05) is 23.9 Å². The third-order valence-corrected chi connectivity index (χ3v) is 7.81. The first-order valence-electron chi connectivity index (χ1n) is 10.5. The second-order valence-corrected chi connectivity index (χ2v) is 10.4. The summed E-state index contributed by atoms with van der Waals surface area (Å²) in [6, 6.07) is 6.93. The van der Waals surface area contributed by atoms with E-state index in [1.165, 1.54) is 0 Å². The van der Waals surface area contributed by atoms with Gasteiger partial charge in [-0.2, -0.15) is 5.10 Å². The van der Waals surface area contributed by atoms with Crippen LogP contribution in [0.4, 0.5) is 5.82 Å². The third-order valence-electron chi connectivity index (χ3n) is 6.06. The predicted molar refractivity (Wildman–Crippen MR) is 115 cm³/mol. The summed E-state index contributed by atoms with van der Waals surface area (Å²) < 4.78 is 35.8. The Kier molecular flexibility index (Phi) is 5.20. The van der Waals surface area contributed by atoms with Gasteiger partial charge in [-0.25, -0.2) is 13.0 Å². The molecule has 1 N–H and O–H groups in total. The van der Waals surface area contributed by atoms with E-state index in [0.29, 0.717) is 29.1 Å². The molecule has 1 saturated heterocycles. The minimum Gasteiger partial charge on any atom is -0.497 e. The van der Waals surface area contributed by atoms with Gasteiger partial charge < -0.3 is 10.1 Å². The van der Waals surface area contributed by atoms with Gasteiger partial charge in [0.05, 0.1) is 24.7 Å². The maximum absolute atomic E-state index is 13.2. The van der Waals surface area contributed by atoms with E-state index in [0.717, 1.165) is 36.9 Å². The molecule has 0 spiro atoms. The Bertz CT molecular complexity index is 1260. The van der Waals surface area contributed by atoms with Crippen molar-refractivity contribution in [3.8, 4) is 17.0 Å². The first-order valence-corrected chi connectivity index (χ1v) is 12.4. The van der Waals surface area contributed by atoms with E-state index in [2.05, 4.69) is 20.7 Å². The highest BCUT2D eigenvalue weighted by atomic mass is 32.2. The lowest BCUT2D eigenvalue weighted by Crippen LogP contribution is -2.17. The molecule has 0 radical (unpaired) electrons. The largest absolute Gasteiger partial charge is 0.497 e. The van der Waals surface area contributed by atoms with Crippen LogP contribution in [0.5, 0.6) is 5.75 Å². The fourth-order valence-corrected chi connectivity index (χ4v) is 6.15. The van der Waals surface area contributed by atoms with E-state index in [4.69, 9.17) is 9.37 Å². The summed E-state index contributed by atoms with van der Waals surface area (Å²) in [4.78, 5) is 13.2. The molecule has 1 amide bonds.